The van der Waals surface area contributed by atoms with E-state index < -0.39 is 23.5 Å². The van der Waals surface area contributed by atoms with E-state index in [-0.39, 0.29) is 13.0 Å². The Bertz CT molecular complexity index is 1320. The summed E-state index contributed by atoms with van der Waals surface area (Å²) < 4.78 is 12.0. The van der Waals surface area contributed by atoms with Gasteiger partial charge in [-0.1, -0.05) is 42.5 Å². The minimum atomic E-state index is -1.35. The summed E-state index contributed by atoms with van der Waals surface area (Å²) in [6, 6.07) is 23.2. The number of ether oxygens (including phenoxy) is 2. The van der Waals surface area contributed by atoms with Crippen LogP contribution < -0.4 is 9.64 Å². The first-order chi connectivity index (χ1) is 17.6. The maximum Gasteiger partial charge on any atom is 0.266 e. The number of amides is 2. The second-order valence-electron chi connectivity index (χ2n) is 8.65. The molecule has 2 atom stereocenters. The highest BCUT2D eigenvalue weighted by Crippen LogP contribution is 2.50. The van der Waals surface area contributed by atoms with Crippen LogP contribution in [0.2, 0.25) is 0 Å². The quantitative estimate of drug-likeness (QED) is 0.291. The summed E-state index contributed by atoms with van der Waals surface area (Å²) in [5.74, 6) is 0.118. The number of benzene rings is 3. The summed E-state index contributed by atoms with van der Waals surface area (Å²) in [4.78, 5) is 33.7. The minimum Gasteiger partial charge on any atom is -0.494 e. The largest absolute Gasteiger partial charge is 0.494 e. The third-order valence-electron chi connectivity index (χ3n) is 6.35. The molecule has 7 nitrogen and oxygen atoms in total. The molecule has 0 spiro atoms. The van der Waals surface area contributed by atoms with Crippen molar-refractivity contribution in [3.05, 3.63) is 108 Å². The average Bonchev–Trinajstić information content (AvgIpc) is 3.31. The Morgan fingerprint density at radius 3 is 2.53 bits per heavy atom. The number of rotatable bonds is 8. The lowest BCUT2D eigenvalue weighted by Crippen LogP contribution is -2.56. The van der Waals surface area contributed by atoms with E-state index in [9.17, 15) is 9.59 Å². The van der Waals surface area contributed by atoms with Gasteiger partial charge in [-0.15, -0.1) is 6.58 Å². The van der Waals surface area contributed by atoms with Crippen LogP contribution >= 0.6 is 0 Å². The van der Waals surface area contributed by atoms with Crippen molar-refractivity contribution in [2.45, 2.75) is 24.5 Å². The molecule has 0 radical (unpaired) electrons. The van der Waals surface area contributed by atoms with Gasteiger partial charge in [0.1, 0.15) is 5.75 Å². The molecular weight excluding hydrogens is 456 g/mol. The second kappa shape index (κ2) is 9.79. The molecule has 182 valence electrons. The van der Waals surface area contributed by atoms with Gasteiger partial charge in [-0.2, -0.15) is 0 Å². The molecule has 2 amide bonds. The fraction of sp³-hybridized carbons (Fsp3) is 0.207. The zero-order chi connectivity index (χ0) is 25.1. The minimum absolute atomic E-state index is 0.0643. The summed E-state index contributed by atoms with van der Waals surface area (Å²) in [5.41, 5.74) is 0.948. The lowest BCUT2D eigenvalue weighted by molar-refractivity contribution is -0.126. The summed E-state index contributed by atoms with van der Waals surface area (Å²) in [5, 5.41) is 8.94. The SMILES string of the molecule is C=CC[C@]12N=C(c3ccc(OCCCO)cc3)O[C@H]1c1ccccc1N(C(=O)c1ccccc1)C2=O. The number of nitrogens with zero attached hydrogens (tertiary/aromatic N) is 2. The van der Waals surface area contributed by atoms with Crippen molar-refractivity contribution in [3.8, 4) is 5.75 Å². The van der Waals surface area contributed by atoms with Crippen molar-refractivity contribution in [1.29, 1.82) is 0 Å². The highest BCUT2D eigenvalue weighted by atomic mass is 16.5. The predicted molar refractivity (Wildman–Crippen MR) is 136 cm³/mol. The van der Waals surface area contributed by atoms with E-state index in [4.69, 9.17) is 19.6 Å². The molecule has 2 heterocycles. The Kier molecular flexibility index (Phi) is 6.40. The van der Waals surface area contributed by atoms with Gasteiger partial charge in [0.25, 0.3) is 11.8 Å². The van der Waals surface area contributed by atoms with Gasteiger partial charge in [-0.3, -0.25) is 9.59 Å². The summed E-state index contributed by atoms with van der Waals surface area (Å²) in [7, 11) is 0. The van der Waals surface area contributed by atoms with Crippen LogP contribution in [0, 0.1) is 0 Å². The Hall–Kier alpha value is -4.23. The maximum atomic E-state index is 14.1. The van der Waals surface area contributed by atoms with Crippen LogP contribution in [0.15, 0.2) is 96.5 Å². The number of carbonyl (C=O) groups excluding carboxylic acids is 2. The summed E-state index contributed by atoms with van der Waals surface area (Å²) in [6.45, 7) is 4.33. The standard InChI is InChI=1S/C29H26N2O5/c1-2-17-29-25(36-26(30-29)20-13-15-22(16-14-20)35-19-8-18-32)23-11-6-7-12-24(23)31(28(29)34)27(33)21-9-4-3-5-10-21/h2-7,9-16,25,32H,1,8,17-19H2/t25-,29-/m0/s1. The van der Waals surface area contributed by atoms with Crippen LogP contribution in [0.3, 0.4) is 0 Å². The molecule has 36 heavy (non-hydrogen) atoms. The van der Waals surface area contributed by atoms with Crippen molar-refractivity contribution in [3.63, 3.8) is 0 Å². The molecule has 7 heteroatoms. The molecule has 0 unspecified atom stereocenters. The van der Waals surface area contributed by atoms with E-state index in [0.29, 0.717) is 47.1 Å². The average molecular weight is 483 g/mol. The van der Waals surface area contributed by atoms with Crippen molar-refractivity contribution in [2.75, 3.05) is 18.1 Å². The van der Waals surface area contributed by atoms with Gasteiger partial charge in [-0.25, -0.2) is 9.89 Å². The molecule has 0 bridgehead atoms. The number of anilines is 1. The van der Waals surface area contributed by atoms with Gasteiger partial charge in [0, 0.05) is 36.1 Å². The number of aliphatic hydroxyl groups is 1. The first-order valence-corrected chi connectivity index (χ1v) is 11.8. The van der Waals surface area contributed by atoms with Gasteiger partial charge < -0.3 is 14.6 Å². The van der Waals surface area contributed by atoms with Crippen molar-refractivity contribution < 1.29 is 24.2 Å². The maximum absolute atomic E-state index is 14.1. The third-order valence-corrected chi connectivity index (χ3v) is 6.35. The van der Waals surface area contributed by atoms with Crippen LogP contribution in [0.25, 0.3) is 0 Å². The Morgan fingerprint density at radius 2 is 1.81 bits per heavy atom. The van der Waals surface area contributed by atoms with E-state index in [1.165, 1.54) is 4.90 Å². The number of hydrogen-bond donors (Lipinski definition) is 1. The van der Waals surface area contributed by atoms with Gasteiger partial charge in [-0.05, 0) is 42.5 Å². The smallest absolute Gasteiger partial charge is 0.266 e. The van der Waals surface area contributed by atoms with Crippen LogP contribution in [0.1, 0.15) is 40.4 Å². The molecule has 2 aliphatic heterocycles. The number of imide groups is 1. The molecule has 0 saturated carbocycles. The Morgan fingerprint density at radius 1 is 1.08 bits per heavy atom. The van der Waals surface area contributed by atoms with Crippen molar-refractivity contribution in [1.82, 2.24) is 0 Å². The van der Waals surface area contributed by atoms with Gasteiger partial charge in [0.05, 0.1) is 12.3 Å². The van der Waals surface area contributed by atoms with Gasteiger partial charge in [0.2, 0.25) is 5.90 Å². The summed E-state index contributed by atoms with van der Waals surface area (Å²) >= 11 is 0. The molecule has 3 aromatic carbocycles. The number of aliphatic hydroxyl groups excluding tert-OH is 1. The summed E-state index contributed by atoms with van der Waals surface area (Å²) in [6.07, 6.45) is 1.69. The van der Waals surface area contributed by atoms with Crippen LogP contribution in [0.5, 0.6) is 5.75 Å². The monoisotopic (exact) mass is 482 g/mol. The molecule has 2 aliphatic rings. The predicted octanol–water partition coefficient (Wildman–Crippen LogP) is 4.47. The van der Waals surface area contributed by atoms with Crippen LogP contribution in [-0.4, -0.2) is 41.6 Å². The van der Waals surface area contributed by atoms with E-state index in [1.807, 2.05) is 30.3 Å². The molecule has 0 aromatic heterocycles. The van der Waals surface area contributed by atoms with E-state index in [1.54, 1.807) is 54.6 Å². The number of para-hydroxylation sites is 1. The normalized spacial score (nSPS) is 20.1. The Balaban J connectivity index is 1.55. The van der Waals surface area contributed by atoms with Gasteiger partial charge in [0.15, 0.2) is 11.6 Å². The second-order valence-corrected chi connectivity index (χ2v) is 8.65. The Labute approximate surface area is 209 Å². The zero-order valence-corrected chi connectivity index (χ0v) is 19.7. The number of aliphatic imine (C=N–C) groups is 1. The zero-order valence-electron chi connectivity index (χ0n) is 19.7. The number of hydrogen-bond acceptors (Lipinski definition) is 6. The number of carbonyl (C=O) groups is 2. The molecule has 0 aliphatic carbocycles. The highest BCUT2D eigenvalue weighted by molar-refractivity contribution is 6.26. The molecule has 5 rings (SSSR count). The molecule has 0 fully saturated rings. The molecular formula is C29H26N2O5. The fourth-order valence-electron chi connectivity index (χ4n) is 4.62. The fourth-order valence-corrected chi connectivity index (χ4v) is 4.62. The van der Waals surface area contributed by atoms with E-state index >= 15 is 0 Å². The van der Waals surface area contributed by atoms with E-state index in [2.05, 4.69) is 6.58 Å². The number of fused-ring (bicyclic) bond motifs is 3. The first-order valence-electron chi connectivity index (χ1n) is 11.8. The molecule has 0 saturated heterocycles. The first kappa shape index (κ1) is 23.5. The van der Waals surface area contributed by atoms with Crippen LogP contribution in [0.4, 0.5) is 5.69 Å². The van der Waals surface area contributed by atoms with Crippen LogP contribution in [-0.2, 0) is 9.53 Å². The van der Waals surface area contributed by atoms with Crippen molar-refractivity contribution >= 4 is 23.4 Å². The lowest BCUT2D eigenvalue weighted by atomic mass is 9.79. The van der Waals surface area contributed by atoms with Crippen molar-refractivity contribution in [2.24, 2.45) is 4.99 Å². The molecule has 1 N–H and O–H groups in total. The third kappa shape index (κ3) is 3.97. The molecule has 3 aromatic rings. The van der Waals surface area contributed by atoms with E-state index in [0.717, 1.165) is 0 Å². The lowest BCUT2D eigenvalue weighted by Gasteiger charge is -2.40. The highest BCUT2D eigenvalue weighted by Gasteiger charge is 2.59. The van der Waals surface area contributed by atoms with Gasteiger partial charge >= 0.3 is 0 Å². The topological polar surface area (TPSA) is 88.4 Å².